The van der Waals surface area contributed by atoms with E-state index < -0.39 is 35.3 Å². The number of aromatic nitrogens is 6. The second-order valence-corrected chi connectivity index (χ2v) is 7.69. The Hall–Kier alpha value is -4.86. The second-order valence-electron chi connectivity index (χ2n) is 7.69. The van der Waals surface area contributed by atoms with Crippen LogP contribution in [0.15, 0.2) is 53.7 Å². The summed E-state index contributed by atoms with van der Waals surface area (Å²) in [6.07, 6.45) is 1.30. The van der Waals surface area contributed by atoms with Crippen molar-refractivity contribution in [2.45, 2.75) is 19.4 Å². The molecule has 1 atom stereocenters. The molecule has 36 heavy (non-hydrogen) atoms. The highest BCUT2D eigenvalue weighted by Crippen LogP contribution is 2.27. The molecule has 0 bridgehead atoms. The van der Waals surface area contributed by atoms with Crippen LogP contribution in [0, 0.1) is 17.1 Å². The molecule has 1 aromatic carbocycles. The van der Waals surface area contributed by atoms with E-state index in [1.807, 2.05) is 0 Å². The largest absolute Gasteiger partial charge is 0.344 e. The molecular weight excluding hydrogens is 477 g/mol. The van der Waals surface area contributed by atoms with Gasteiger partial charge >= 0.3 is 0 Å². The standard InChI is InChI=1S/C23H17F3N8O2/c1-12(16-4-3-5-17(20(16)24)21(25)26)30-22(35)18-7-13(8-27)23(36)34(31-18)15-6-14(9-28-10-15)19-11-29-32-33(19)2/h3-7,9-12,21H,1-2H3,(H,30,35)/t12-/m1/s1. The Kier molecular flexibility index (Phi) is 6.60. The molecule has 3 aromatic heterocycles. The van der Waals surface area contributed by atoms with Crippen LogP contribution in [0.2, 0.25) is 0 Å². The lowest BCUT2D eigenvalue weighted by Gasteiger charge is -2.17. The third kappa shape index (κ3) is 4.56. The maximum absolute atomic E-state index is 14.5. The lowest BCUT2D eigenvalue weighted by Crippen LogP contribution is -2.32. The lowest BCUT2D eigenvalue weighted by atomic mass is 10.0. The fraction of sp³-hybridized carbons (Fsp3) is 0.174. The molecule has 0 spiro atoms. The average Bonchev–Trinajstić information content (AvgIpc) is 3.29. The van der Waals surface area contributed by atoms with Crippen molar-refractivity contribution in [1.82, 2.24) is 35.1 Å². The summed E-state index contributed by atoms with van der Waals surface area (Å²) in [5, 5.41) is 23.6. The molecule has 0 fully saturated rings. The number of halogens is 3. The average molecular weight is 494 g/mol. The van der Waals surface area contributed by atoms with E-state index in [1.165, 1.54) is 42.3 Å². The van der Waals surface area contributed by atoms with Crippen molar-refractivity contribution < 1.29 is 18.0 Å². The number of aryl methyl sites for hydroxylation is 1. The number of hydrogen-bond acceptors (Lipinski definition) is 7. The van der Waals surface area contributed by atoms with Crippen LogP contribution in [0.5, 0.6) is 0 Å². The monoisotopic (exact) mass is 494 g/mol. The Labute approximate surface area is 201 Å². The topological polar surface area (TPSA) is 131 Å². The van der Waals surface area contributed by atoms with Crippen molar-refractivity contribution in [2.75, 3.05) is 0 Å². The normalized spacial score (nSPS) is 11.8. The molecule has 4 aromatic rings. The number of rotatable bonds is 6. The first-order chi connectivity index (χ1) is 17.2. The van der Waals surface area contributed by atoms with Gasteiger partial charge < -0.3 is 5.32 Å². The summed E-state index contributed by atoms with van der Waals surface area (Å²) >= 11 is 0. The minimum Gasteiger partial charge on any atom is -0.344 e. The fourth-order valence-electron chi connectivity index (χ4n) is 3.52. The van der Waals surface area contributed by atoms with E-state index in [4.69, 9.17) is 0 Å². The molecule has 10 nitrogen and oxygen atoms in total. The highest BCUT2D eigenvalue weighted by Gasteiger charge is 2.22. The molecule has 0 saturated carbocycles. The lowest BCUT2D eigenvalue weighted by molar-refractivity contribution is 0.0932. The summed E-state index contributed by atoms with van der Waals surface area (Å²) in [4.78, 5) is 29.8. The van der Waals surface area contributed by atoms with Crippen LogP contribution in [0.4, 0.5) is 13.2 Å². The fourth-order valence-corrected chi connectivity index (χ4v) is 3.52. The Morgan fingerprint density at radius 3 is 2.58 bits per heavy atom. The van der Waals surface area contributed by atoms with Gasteiger partial charge in [0.15, 0.2) is 5.69 Å². The molecular formula is C23H17F3N8O2. The van der Waals surface area contributed by atoms with E-state index >= 15 is 0 Å². The van der Waals surface area contributed by atoms with Crippen LogP contribution in [-0.2, 0) is 7.05 Å². The maximum atomic E-state index is 14.5. The summed E-state index contributed by atoms with van der Waals surface area (Å²) in [7, 11) is 1.67. The number of amides is 1. The number of carbonyl (C=O) groups excluding carboxylic acids is 1. The molecule has 0 radical (unpaired) electrons. The molecule has 4 rings (SSSR count). The molecule has 13 heteroatoms. The number of nitriles is 1. The first kappa shape index (κ1) is 24.3. The minimum atomic E-state index is -3.03. The van der Waals surface area contributed by atoms with Gasteiger partial charge in [0.25, 0.3) is 17.9 Å². The van der Waals surface area contributed by atoms with Crippen LogP contribution in [0.25, 0.3) is 16.9 Å². The van der Waals surface area contributed by atoms with Gasteiger partial charge in [0.05, 0.1) is 35.4 Å². The molecule has 182 valence electrons. The summed E-state index contributed by atoms with van der Waals surface area (Å²) in [5.74, 6) is -1.99. The Balaban J connectivity index is 1.70. The number of hydrogen-bond donors (Lipinski definition) is 1. The van der Waals surface area contributed by atoms with Gasteiger partial charge in [-0.25, -0.2) is 17.9 Å². The summed E-state index contributed by atoms with van der Waals surface area (Å²) in [6, 6.07) is 6.73. The molecule has 0 aliphatic rings. The van der Waals surface area contributed by atoms with Gasteiger partial charge in [-0.05, 0) is 19.1 Å². The summed E-state index contributed by atoms with van der Waals surface area (Å²) in [6.45, 7) is 1.40. The Morgan fingerprint density at radius 1 is 1.17 bits per heavy atom. The zero-order valence-electron chi connectivity index (χ0n) is 18.9. The van der Waals surface area contributed by atoms with Gasteiger partial charge in [0, 0.05) is 24.4 Å². The van der Waals surface area contributed by atoms with E-state index in [-0.39, 0.29) is 22.5 Å². The highest BCUT2D eigenvalue weighted by atomic mass is 19.3. The van der Waals surface area contributed by atoms with Crippen molar-refractivity contribution in [3.8, 4) is 23.0 Å². The SMILES string of the molecule is C[C@@H](NC(=O)c1cc(C#N)c(=O)n(-c2cncc(-c3cnnn3C)c2)n1)c1cccc(C(F)F)c1F. The van der Waals surface area contributed by atoms with E-state index in [2.05, 4.69) is 25.7 Å². The van der Waals surface area contributed by atoms with Crippen molar-refractivity contribution in [3.05, 3.63) is 87.5 Å². The number of nitrogens with one attached hydrogen (secondary N) is 1. The quantitative estimate of drug-likeness (QED) is 0.436. The Morgan fingerprint density at radius 2 is 1.92 bits per heavy atom. The number of nitrogens with zero attached hydrogens (tertiary/aromatic N) is 7. The van der Waals surface area contributed by atoms with Gasteiger partial charge in [-0.3, -0.25) is 14.6 Å². The van der Waals surface area contributed by atoms with Gasteiger partial charge in [0.1, 0.15) is 17.4 Å². The van der Waals surface area contributed by atoms with Gasteiger partial charge in [-0.1, -0.05) is 23.4 Å². The van der Waals surface area contributed by atoms with E-state index in [0.717, 1.165) is 16.8 Å². The van der Waals surface area contributed by atoms with Crippen molar-refractivity contribution in [3.63, 3.8) is 0 Å². The van der Waals surface area contributed by atoms with Crippen molar-refractivity contribution in [2.24, 2.45) is 7.05 Å². The zero-order chi connectivity index (χ0) is 26.0. The van der Waals surface area contributed by atoms with E-state index in [9.17, 15) is 28.0 Å². The first-order valence-electron chi connectivity index (χ1n) is 10.4. The second kappa shape index (κ2) is 9.79. The minimum absolute atomic E-state index is 0.156. The summed E-state index contributed by atoms with van der Waals surface area (Å²) in [5.41, 5.74) is -1.13. The highest BCUT2D eigenvalue weighted by molar-refractivity contribution is 5.92. The predicted molar refractivity (Wildman–Crippen MR) is 120 cm³/mol. The van der Waals surface area contributed by atoms with E-state index in [0.29, 0.717) is 11.3 Å². The molecule has 0 aliphatic heterocycles. The van der Waals surface area contributed by atoms with Gasteiger partial charge in [-0.15, -0.1) is 5.10 Å². The van der Waals surface area contributed by atoms with Crippen molar-refractivity contribution in [1.29, 1.82) is 5.26 Å². The van der Waals surface area contributed by atoms with Gasteiger partial charge in [-0.2, -0.15) is 15.0 Å². The maximum Gasteiger partial charge on any atom is 0.289 e. The molecule has 0 saturated heterocycles. The molecule has 3 heterocycles. The smallest absolute Gasteiger partial charge is 0.289 e. The van der Waals surface area contributed by atoms with Gasteiger partial charge in [0.2, 0.25) is 0 Å². The van der Waals surface area contributed by atoms with Crippen molar-refractivity contribution >= 4 is 5.91 Å². The number of alkyl halides is 2. The predicted octanol–water partition coefficient (Wildman–Crippen LogP) is 2.86. The molecule has 1 N–H and O–H groups in total. The summed E-state index contributed by atoms with van der Waals surface area (Å²) < 4.78 is 43.0. The van der Waals surface area contributed by atoms with Crippen LogP contribution < -0.4 is 10.9 Å². The van der Waals surface area contributed by atoms with Crippen LogP contribution >= 0.6 is 0 Å². The first-order valence-corrected chi connectivity index (χ1v) is 10.4. The number of carbonyl (C=O) groups is 1. The van der Waals surface area contributed by atoms with Crippen LogP contribution in [0.3, 0.4) is 0 Å². The molecule has 0 unspecified atom stereocenters. The zero-order valence-corrected chi connectivity index (χ0v) is 18.9. The third-order valence-electron chi connectivity index (χ3n) is 5.35. The molecule has 1 amide bonds. The van der Waals surface area contributed by atoms with E-state index in [1.54, 1.807) is 19.2 Å². The van der Waals surface area contributed by atoms with Crippen LogP contribution in [-0.4, -0.2) is 35.7 Å². The molecule has 0 aliphatic carbocycles. The number of benzene rings is 1. The Bertz CT molecular complexity index is 1560. The van der Waals surface area contributed by atoms with Crippen LogP contribution in [0.1, 0.15) is 46.6 Å². The number of pyridine rings is 1. The third-order valence-corrected chi connectivity index (χ3v) is 5.35.